The van der Waals surface area contributed by atoms with E-state index in [0.717, 1.165) is 0 Å². The summed E-state index contributed by atoms with van der Waals surface area (Å²) in [5.41, 5.74) is 0. The van der Waals surface area contributed by atoms with Crippen LogP contribution in [-0.2, 0) is 0 Å². The van der Waals surface area contributed by atoms with E-state index in [4.69, 9.17) is 11.6 Å². The van der Waals surface area contributed by atoms with Crippen LogP contribution in [-0.4, -0.2) is 28.4 Å². The van der Waals surface area contributed by atoms with Crippen LogP contribution in [0.4, 0.5) is 0 Å². The maximum atomic E-state index is 5.27. The molecule has 0 aromatic carbocycles. The predicted molar refractivity (Wildman–Crippen MR) is 26.7 cm³/mol. The van der Waals surface area contributed by atoms with Gasteiger partial charge in [-0.3, -0.25) is 0 Å². The Morgan fingerprint density at radius 1 is 1.14 bits per heavy atom. The molecule has 0 aliphatic carbocycles. The fraction of sp³-hybridized carbons (Fsp3) is 1.00. The second kappa shape index (κ2) is 15.6. The number of rotatable bonds is 0. The molecular formula is C3H7Cl3Mg. The van der Waals surface area contributed by atoms with Crippen LogP contribution in [0.15, 0.2) is 0 Å². The molecule has 0 saturated carbocycles. The van der Waals surface area contributed by atoms with Crippen LogP contribution in [0.3, 0.4) is 0 Å². The van der Waals surface area contributed by atoms with Crippen molar-refractivity contribution in [2.24, 2.45) is 0 Å². The molecule has 0 atom stereocenters. The van der Waals surface area contributed by atoms with Gasteiger partial charge >= 0.3 is 23.1 Å². The molecule has 0 radical (unpaired) electrons. The first kappa shape index (κ1) is 23.4. The predicted octanol–water partition coefficient (Wildman–Crippen LogP) is -4.74. The third-order valence-electron chi connectivity index (χ3n) is 0. The molecule has 0 aromatic heterocycles. The summed E-state index contributed by atoms with van der Waals surface area (Å²) in [4.78, 5) is 0. The number of hydrogen-bond acceptors (Lipinski definition) is 0. The Balaban J connectivity index is -0.0000000150. The van der Waals surface area contributed by atoms with E-state index < -0.39 is 0 Å². The molecule has 42 valence electrons. The maximum Gasteiger partial charge on any atom is 2.00 e. The van der Waals surface area contributed by atoms with Gasteiger partial charge in [0.05, 0.1) is 0 Å². The molecule has 0 saturated heterocycles. The molecule has 4 heteroatoms. The third-order valence-corrected chi connectivity index (χ3v) is 0. The molecule has 0 N–H and O–H groups in total. The molecule has 0 aromatic rings. The molecule has 0 nitrogen and oxygen atoms in total. The Kier molecular flexibility index (Phi) is 52.4. The van der Waals surface area contributed by atoms with Gasteiger partial charge in [0.15, 0.2) is 0 Å². The summed E-state index contributed by atoms with van der Waals surface area (Å²) in [6.07, 6.45) is 0. The van der Waals surface area contributed by atoms with E-state index >= 15 is 0 Å². The van der Waals surface area contributed by atoms with Crippen molar-refractivity contribution in [2.75, 3.05) is 0 Å². The zero-order chi connectivity index (χ0) is 3.58. The van der Waals surface area contributed by atoms with Crippen molar-refractivity contribution in [3.8, 4) is 0 Å². The molecule has 0 aliphatic heterocycles. The van der Waals surface area contributed by atoms with Crippen molar-refractivity contribution in [1.82, 2.24) is 0 Å². The number of hydrogen-bond donors (Lipinski definition) is 0. The summed E-state index contributed by atoms with van der Waals surface area (Å²) >= 11 is 5.27. The second-order valence-corrected chi connectivity index (χ2v) is 1.89. The van der Waals surface area contributed by atoms with Gasteiger partial charge in [-0.2, -0.15) is 0 Å². The van der Waals surface area contributed by atoms with E-state index in [1.165, 1.54) is 0 Å². The summed E-state index contributed by atoms with van der Waals surface area (Å²) in [5.74, 6) is 0. The zero-order valence-electron chi connectivity index (χ0n) is 4.42. The molecule has 0 spiro atoms. The van der Waals surface area contributed by atoms with Crippen molar-refractivity contribution < 1.29 is 24.8 Å². The molecule has 0 heterocycles. The van der Waals surface area contributed by atoms with Gasteiger partial charge in [0.2, 0.25) is 0 Å². The van der Waals surface area contributed by atoms with E-state index in [1.54, 1.807) is 0 Å². The minimum Gasteiger partial charge on any atom is -1.00 e. The molecule has 0 aliphatic rings. The van der Waals surface area contributed by atoms with Crippen LogP contribution in [0.1, 0.15) is 13.8 Å². The summed E-state index contributed by atoms with van der Waals surface area (Å²) in [6, 6.07) is 0. The van der Waals surface area contributed by atoms with E-state index in [9.17, 15) is 0 Å². The summed E-state index contributed by atoms with van der Waals surface area (Å²) in [6.45, 7) is 3.86. The van der Waals surface area contributed by atoms with Crippen LogP contribution >= 0.6 is 11.6 Å². The van der Waals surface area contributed by atoms with Crippen LogP contribution in [0.5, 0.6) is 0 Å². The molecular weight excluding hydrogens is 167 g/mol. The summed E-state index contributed by atoms with van der Waals surface area (Å²) in [7, 11) is 0. The van der Waals surface area contributed by atoms with Crippen LogP contribution in [0.25, 0.3) is 0 Å². The summed E-state index contributed by atoms with van der Waals surface area (Å²) in [5, 5.41) is 0.306. The number of halogens is 3. The minimum atomic E-state index is 0. The van der Waals surface area contributed by atoms with Crippen molar-refractivity contribution in [2.45, 2.75) is 19.2 Å². The minimum absolute atomic E-state index is 0. The van der Waals surface area contributed by atoms with Gasteiger partial charge in [-0.15, -0.1) is 11.6 Å². The van der Waals surface area contributed by atoms with Crippen LogP contribution in [0.2, 0.25) is 0 Å². The topological polar surface area (TPSA) is 0 Å². The number of alkyl halides is 1. The fourth-order valence-corrected chi connectivity index (χ4v) is 0. The Bertz CT molecular complexity index is 14.9. The summed E-state index contributed by atoms with van der Waals surface area (Å²) < 4.78 is 0. The first-order valence-corrected chi connectivity index (χ1v) is 1.81. The van der Waals surface area contributed by atoms with E-state index in [0.29, 0.717) is 5.38 Å². The molecule has 0 fully saturated rings. The van der Waals surface area contributed by atoms with Gasteiger partial charge in [-0.05, 0) is 13.8 Å². The van der Waals surface area contributed by atoms with Gasteiger partial charge in [-0.25, -0.2) is 0 Å². The SMILES string of the molecule is CC(C)Cl.[Cl-].[Cl-].[Mg+2]. The van der Waals surface area contributed by atoms with Crippen LogP contribution < -0.4 is 24.8 Å². The quantitative estimate of drug-likeness (QED) is 0.255. The van der Waals surface area contributed by atoms with Gasteiger partial charge in [0, 0.05) is 5.38 Å². The molecule has 0 unspecified atom stereocenters. The Hall–Kier alpha value is 1.64. The average molecular weight is 174 g/mol. The Morgan fingerprint density at radius 3 is 1.14 bits per heavy atom. The first-order chi connectivity index (χ1) is 1.73. The Morgan fingerprint density at radius 2 is 1.14 bits per heavy atom. The Labute approximate surface area is 78.3 Å². The first-order valence-electron chi connectivity index (χ1n) is 1.37. The average Bonchev–Trinajstić information content (AvgIpc) is 0.811. The van der Waals surface area contributed by atoms with Crippen molar-refractivity contribution in [3.63, 3.8) is 0 Å². The zero-order valence-corrected chi connectivity index (χ0v) is 8.10. The van der Waals surface area contributed by atoms with E-state index in [2.05, 4.69) is 0 Å². The van der Waals surface area contributed by atoms with Crippen molar-refractivity contribution in [1.29, 1.82) is 0 Å². The van der Waals surface area contributed by atoms with E-state index in [1.807, 2.05) is 13.8 Å². The van der Waals surface area contributed by atoms with Crippen LogP contribution in [0, 0.1) is 0 Å². The smallest absolute Gasteiger partial charge is 1.00 e. The van der Waals surface area contributed by atoms with Crippen molar-refractivity contribution in [3.05, 3.63) is 0 Å². The van der Waals surface area contributed by atoms with Gasteiger partial charge in [0.25, 0.3) is 0 Å². The fourth-order valence-electron chi connectivity index (χ4n) is 0. The van der Waals surface area contributed by atoms with Gasteiger partial charge in [0.1, 0.15) is 0 Å². The van der Waals surface area contributed by atoms with E-state index in [-0.39, 0.29) is 47.9 Å². The van der Waals surface area contributed by atoms with Gasteiger partial charge < -0.3 is 24.8 Å². The standard InChI is InChI=1S/C3H7Cl.2ClH.Mg/c1-3(2)4;;;/h3H,1-2H3;2*1H;/q;;;+2/p-2. The largest absolute Gasteiger partial charge is 2.00 e. The maximum absolute atomic E-state index is 5.27. The molecule has 0 amide bonds. The van der Waals surface area contributed by atoms with Crippen molar-refractivity contribution >= 4 is 34.7 Å². The molecule has 0 bridgehead atoms. The van der Waals surface area contributed by atoms with Gasteiger partial charge in [-0.1, -0.05) is 0 Å². The molecule has 7 heavy (non-hydrogen) atoms. The monoisotopic (exact) mass is 172 g/mol. The second-order valence-electron chi connectivity index (χ2n) is 1.01. The molecule has 0 rings (SSSR count). The third kappa shape index (κ3) is 90.6. The normalized spacial score (nSPS) is 5.14.